The smallest absolute Gasteiger partial charge is 0.294 e. The van der Waals surface area contributed by atoms with Crippen molar-refractivity contribution in [1.29, 1.82) is 0 Å². The van der Waals surface area contributed by atoms with Crippen LogP contribution >= 0.6 is 0 Å². The maximum atomic E-state index is 12.6. The van der Waals surface area contributed by atoms with Gasteiger partial charge < -0.3 is 10.6 Å². The van der Waals surface area contributed by atoms with Gasteiger partial charge >= 0.3 is 0 Å². The van der Waals surface area contributed by atoms with E-state index in [0.717, 1.165) is 37.9 Å². The highest BCUT2D eigenvalue weighted by Crippen LogP contribution is 2.37. The molecule has 0 bridgehead atoms. The molecule has 6 heteroatoms. The Morgan fingerprint density at radius 1 is 1.42 bits per heavy atom. The second kappa shape index (κ2) is 4.92. The van der Waals surface area contributed by atoms with Crippen molar-refractivity contribution < 1.29 is 4.79 Å². The van der Waals surface area contributed by atoms with Crippen LogP contribution in [0.15, 0.2) is 0 Å². The van der Waals surface area contributed by atoms with Gasteiger partial charge in [0, 0.05) is 24.5 Å². The molecule has 1 saturated carbocycles. The molecule has 2 heterocycles. The topological polar surface area (TPSA) is 87.9 Å². The third kappa shape index (κ3) is 2.36. The molecule has 2 fully saturated rings. The molecule has 2 unspecified atom stereocenters. The number of amides is 1. The van der Waals surface area contributed by atoms with E-state index in [9.17, 15) is 4.79 Å². The Morgan fingerprint density at radius 3 is 2.89 bits per heavy atom. The van der Waals surface area contributed by atoms with Gasteiger partial charge in [-0.25, -0.2) is 4.98 Å². The van der Waals surface area contributed by atoms with Crippen LogP contribution in [0.3, 0.4) is 0 Å². The fourth-order valence-electron chi connectivity index (χ4n) is 2.91. The zero-order valence-corrected chi connectivity index (χ0v) is 11.3. The molecule has 0 aromatic carbocycles. The van der Waals surface area contributed by atoms with Crippen molar-refractivity contribution in [2.24, 2.45) is 5.73 Å². The molecule has 2 aliphatic rings. The lowest BCUT2D eigenvalue weighted by atomic mass is 9.96. The molecule has 1 aromatic rings. The van der Waals surface area contributed by atoms with Crippen LogP contribution in [0.25, 0.3) is 0 Å². The third-order valence-electron chi connectivity index (χ3n) is 4.19. The number of aromatic nitrogens is 3. The highest BCUT2D eigenvalue weighted by molar-refractivity contribution is 5.91. The van der Waals surface area contributed by atoms with Gasteiger partial charge in [-0.1, -0.05) is 0 Å². The molecule has 1 saturated heterocycles. The van der Waals surface area contributed by atoms with E-state index in [-0.39, 0.29) is 18.0 Å². The van der Waals surface area contributed by atoms with E-state index in [1.165, 1.54) is 0 Å². The highest BCUT2D eigenvalue weighted by Gasteiger charge is 2.34. The summed E-state index contributed by atoms with van der Waals surface area (Å²) in [6, 6.07) is 0.344. The number of nitrogens with zero attached hydrogens (tertiary/aromatic N) is 3. The van der Waals surface area contributed by atoms with E-state index < -0.39 is 0 Å². The minimum atomic E-state index is -0.0780. The number of piperidine rings is 1. The molecule has 1 aromatic heterocycles. The number of carbonyl (C=O) groups excluding carboxylic acids is 1. The average molecular weight is 263 g/mol. The number of H-pyrrole nitrogens is 1. The van der Waals surface area contributed by atoms with Crippen LogP contribution in [0.4, 0.5) is 0 Å². The minimum absolute atomic E-state index is 0.0780. The van der Waals surface area contributed by atoms with Crippen LogP contribution in [-0.2, 0) is 0 Å². The van der Waals surface area contributed by atoms with E-state index in [4.69, 9.17) is 5.73 Å². The summed E-state index contributed by atoms with van der Waals surface area (Å²) >= 11 is 0. The summed E-state index contributed by atoms with van der Waals surface area (Å²) in [6.07, 6.45) is 5.44. The van der Waals surface area contributed by atoms with Crippen LogP contribution < -0.4 is 5.73 Å². The van der Waals surface area contributed by atoms with E-state index >= 15 is 0 Å². The number of aromatic amines is 1. The van der Waals surface area contributed by atoms with E-state index in [1.807, 2.05) is 4.90 Å². The van der Waals surface area contributed by atoms with Crippen molar-refractivity contribution in [1.82, 2.24) is 20.1 Å². The molecule has 1 amide bonds. The predicted octanol–water partition coefficient (Wildman–Crippen LogP) is 1.02. The number of carbonyl (C=O) groups is 1. The molecule has 3 rings (SSSR count). The lowest BCUT2D eigenvalue weighted by Gasteiger charge is -2.39. The van der Waals surface area contributed by atoms with Gasteiger partial charge in [-0.15, -0.1) is 5.10 Å². The minimum Gasteiger partial charge on any atom is -0.329 e. The Kier molecular flexibility index (Phi) is 3.26. The lowest BCUT2D eigenvalue weighted by Crippen LogP contribution is -2.52. The molecule has 19 heavy (non-hydrogen) atoms. The molecule has 0 radical (unpaired) electrons. The van der Waals surface area contributed by atoms with E-state index in [2.05, 4.69) is 22.1 Å². The van der Waals surface area contributed by atoms with Gasteiger partial charge in [0.1, 0.15) is 5.82 Å². The molecular formula is C13H21N5O. The Labute approximate surface area is 112 Å². The van der Waals surface area contributed by atoms with Gasteiger partial charge in [0.15, 0.2) is 0 Å². The quantitative estimate of drug-likeness (QED) is 0.852. The number of nitrogens with two attached hydrogens (primary N) is 1. The normalized spacial score (nSPS) is 27.6. The summed E-state index contributed by atoms with van der Waals surface area (Å²) in [5.41, 5.74) is 5.79. The zero-order chi connectivity index (χ0) is 13.4. The first-order valence-corrected chi connectivity index (χ1v) is 7.15. The summed E-state index contributed by atoms with van der Waals surface area (Å²) in [5, 5.41) is 6.98. The molecule has 3 N–H and O–H groups in total. The van der Waals surface area contributed by atoms with Crippen LogP contribution in [-0.4, -0.2) is 44.6 Å². The summed E-state index contributed by atoms with van der Waals surface area (Å²) in [5.74, 6) is 1.57. The standard InChI is InChI=1S/C13H21N5O/c1-8-3-2-4-10(7-14)18(8)13(19)12-15-11(16-17-12)9-5-6-9/h8-10H,2-7,14H2,1H3,(H,15,16,17). The van der Waals surface area contributed by atoms with E-state index in [1.54, 1.807) is 0 Å². The van der Waals surface area contributed by atoms with Gasteiger partial charge in [0.25, 0.3) is 5.91 Å². The maximum Gasteiger partial charge on any atom is 0.294 e. The van der Waals surface area contributed by atoms with Gasteiger partial charge in [0.05, 0.1) is 0 Å². The number of likely N-dealkylation sites (tertiary alicyclic amines) is 1. The predicted molar refractivity (Wildman–Crippen MR) is 70.7 cm³/mol. The van der Waals surface area contributed by atoms with Crippen LogP contribution in [0.1, 0.15) is 61.4 Å². The van der Waals surface area contributed by atoms with Gasteiger partial charge in [-0.05, 0) is 39.0 Å². The monoisotopic (exact) mass is 263 g/mol. The molecule has 6 nitrogen and oxygen atoms in total. The summed E-state index contributed by atoms with van der Waals surface area (Å²) in [4.78, 5) is 18.8. The Balaban J connectivity index is 1.79. The molecule has 1 aliphatic heterocycles. The second-order valence-electron chi connectivity index (χ2n) is 5.70. The lowest BCUT2D eigenvalue weighted by molar-refractivity contribution is 0.0482. The third-order valence-corrected chi connectivity index (χ3v) is 4.19. The number of nitrogens with one attached hydrogen (secondary N) is 1. The number of rotatable bonds is 3. The first kappa shape index (κ1) is 12.6. The van der Waals surface area contributed by atoms with Crippen molar-refractivity contribution in [3.8, 4) is 0 Å². The van der Waals surface area contributed by atoms with Crippen molar-refractivity contribution in [3.63, 3.8) is 0 Å². The number of hydrogen-bond donors (Lipinski definition) is 2. The summed E-state index contributed by atoms with van der Waals surface area (Å²) in [7, 11) is 0. The van der Waals surface area contributed by atoms with Gasteiger partial charge in [-0.3, -0.25) is 9.89 Å². The largest absolute Gasteiger partial charge is 0.329 e. The zero-order valence-electron chi connectivity index (χ0n) is 11.3. The SMILES string of the molecule is CC1CCCC(CN)N1C(=O)c1n[nH]c(C2CC2)n1. The molecule has 104 valence electrons. The Bertz CT molecular complexity index is 467. The first-order chi connectivity index (χ1) is 9.20. The van der Waals surface area contributed by atoms with E-state index in [0.29, 0.717) is 18.3 Å². The van der Waals surface area contributed by atoms with Crippen molar-refractivity contribution in [2.45, 2.75) is 57.0 Å². The molecule has 1 aliphatic carbocycles. The van der Waals surface area contributed by atoms with Crippen LogP contribution in [0.2, 0.25) is 0 Å². The Hall–Kier alpha value is -1.43. The first-order valence-electron chi connectivity index (χ1n) is 7.15. The summed E-state index contributed by atoms with van der Waals surface area (Å²) < 4.78 is 0. The fourth-order valence-corrected chi connectivity index (χ4v) is 2.91. The Morgan fingerprint density at radius 2 is 2.21 bits per heavy atom. The maximum absolute atomic E-state index is 12.6. The van der Waals surface area contributed by atoms with Gasteiger partial charge in [0.2, 0.25) is 5.82 Å². The van der Waals surface area contributed by atoms with Crippen molar-refractivity contribution >= 4 is 5.91 Å². The van der Waals surface area contributed by atoms with Crippen LogP contribution in [0.5, 0.6) is 0 Å². The van der Waals surface area contributed by atoms with Crippen LogP contribution in [0, 0.1) is 0 Å². The second-order valence-corrected chi connectivity index (χ2v) is 5.70. The fraction of sp³-hybridized carbons (Fsp3) is 0.769. The van der Waals surface area contributed by atoms with Crippen molar-refractivity contribution in [3.05, 3.63) is 11.6 Å². The molecular weight excluding hydrogens is 242 g/mol. The van der Waals surface area contributed by atoms with Crippen molar-refractivity contribution in [2.75, 3.05) is 6.54 Å². The van der Waals surface area contributed by atoms with Gasteiger partial charge in [-0.2, -0.15) is 0 Å². The number of hydrogen-bond acceptors (Lipinski definition) is 4. The molecule has 2 atom stereocenters. The highest BCUT2D eigenvalue weighted by atomic mass is 16.2. The molecule has 0 spiro atoms. The summed E-state index contributed by atoms with van der Waals surface area (Å²) in [6.45, 7) is 2.59. The average Bonchev–Trinajstić information content (AvgIpc) is 3.15.